The van der Waals surface area contributed by atoms with Crippen molar-refractivity contribution in [3.05, 3.63) is 0 Å². The topological polar surface area (TPSA) is 12.5 Å². The van der Waals surface area contributed by atoms with E-state index in [9.17, 15) is 0 Å². The number of fused-ring (bicyclic) bond motifs is 1. The molecule has 2 aliphatic heterocycles. The van der Waals surface area contributed by atoms with Gasteiger partial charge in [-0.3, -0.25) is 0 Å². The van der Waals surface area contributed by atoms with E-state index in [0.29, 0.717) is 0 Å². The second-order valence-corrected chi connectivity index (χ2v) is 4.52. The van der Waals surface area contributed by atoms with Crippen molar-refractivity contribution < 1.29 is 4.74 Å². The average molecular weight is 253 g/mol. The van der Waals surface area contributed by atoms with Crippen LogP contribution in [0.25, 0.3) is 0 Å². The lowest BCUT2D eigenvalue weighted by molar-refractivity contribution is 0.162. The van der Waals surface area contributed by atoms with Gasteiger partial charge in [0.15, 0.2) is 0 Å². The van der Waals surface area contributed by atoms with Gasteiger partial charge in [0.2, 0.25) is 0 Å². The minimum Gasteiger partial charge on any atom is -0.381 e. The summed E-state index contributed by atoms with van der Waals surface area (Å²) in [6.45, 7) is 5.51. The molecule has 2 saturated heterocycles. The Labute approximate surface area is 75.4 Å². The largest absolute Gasteiger partial charge is 0.381 e. The van der Waals surface area contributed by atoms with Gasteiger partial charge in [0.1, 0.15) is 0 Å². The van der Waals surface area contributed by atoms with E-state index < -0.39 is 0 Å². The van der Waals surface area contributed by atoms with Crippen LogP contribution in [0.2, 0.25) is 0 Å². The summed E-state index contributed by atoms with van der Waals surface area (Å²) < 4.78 is 7.81. The Morgan fingerprint density at radius 1 is 1.50 bits per heavy atom. The zero-order chi connectivity index (χ0) is 7.14. The third-order valence-electron chi connectivity index (χ3n) is 2.72. The van der Waals surface area contributed by atoms with Crippen molar-refractivity contribution in [2.24, 2.45) is 11.8 Å². The van der Waals surface area contributed by atoms with Gasteiger partial charge in [-0.25, -0.2) is 3.11 Å². The molecule has 2 nitrogen and oxygen atoms in total. The number of ether oxygens (including phenoxy) is 1. The first kappa shape index (κ1) is 7.31. The number of rotatable bonds is 0. The summed E-state index contributed by atoms with van der Waals surface area (Å²) >= 11 is 2.42. The summed E-state index contributed by atoms with van der Waals surface area (Å²) in [5.74, 6) is 1.64. The molecule has 0 spiro atoms. The molecule has 10 heavy (non-hydrogen) atoms. The highest BCUT2D eigenvalue weighted by molar-refractivity contribution is 14.1. The fraction of sp³-hybridized carbons (Fsp3) is 1.00. The summed E-state index contributed by atoms with van der Waals surface area (Å²) in [5.41, 5.74) is 0. The second-order valence-electron chi connectivity index (χ2n) is 3.28. The van der Waals surface area contributed by atoms with Gasteiger partial charge in [-0.05, 0) is 6.92 Å². The maximum atomic E-state index is 5.40. The molecular weight excluding hydrogens is 241 g/mol. The standard InChI is InChI=1S/C7H12INO/c1-5-7-4-10-3-6(7)2-9(5)8/h5-7H,2-4H2,1H3/t5?,6-,7-/m1/s1. The third-order valence-corrected chi connectivity index (χ3v) is 3.99. The molecule has 2 fully saturated rings. The monoisotopic (exact) mass is 253 g/mol. The zero-order valence-corrected chi connectivity index (χ0v) is 8.24. The molecule has 1 unspecified atom stereocenters. The van der Waals surface area contributed by atoms with Gasteiger partial charge in [-0.1, -0.05) is 0 Å². The van der Waals surface area contributed by atoms with Crippen molar-refractivity contribution in [1.82, 2.24) is 3.11 Å². The van der Waals surface area contributed by atoms with Gasteiger partial charge in [-0.2, -0.15) is 0 Å². The summed E-state index contributed by atoms with van der Waals surface area (Å²) in [4.78, 5) is 0. The Balaban J connectivity index is 2.09. The van der Waals surface area contributed by atoms with Crippen LogP contribution >= 0.6 is 22.9 Å². The van der Waals surface area contributed by atoms with Crippen molar-refractivity contribution in [3.63, 3.8) is 0 Å². The number of nitrogens with zero attached hydrogens (tertiary/aromatic N) is 1. The van der Waals surface area contributed by atoms with Crippen molar-refractivity contribution in [3.8, 4) is 0 Å². The summed E-state index contributed by atoms with van der Waals surface area (Å²) in [6, 6.07) is 0.730. The smallest absolute Gasteiger partial charge is 0.0513 e. The lowest BCUT2D eigenvalue weighted by Gasteiger charge is -2.15. The fourth-order valence-electron chi connectivity index (χ4n) is 1.93. The lowest BCUT2D eigenvalue weighted by atomic mass is 9.95. The molecule has 0 aliphatic carbocycles. The first-order valence-electron chi connectivity index (χ1n) is 3.79. The van der Waals surface area contributed by atoms with Gasteiger partial charge in [0.05, 0.1) is 13.2 Å². The Bertz CT molecular complexity index is 140. The maximum Gasteiger partial charge on any atom is 0.0513 e. The highest BCUT2D eigenvalue weighted by atomic mass is 127. The van der Waals surface area contributed by atoms with Crippen LogP contribution in [0.1, 0.15) is 6.92 Å². The van der Waals surface area contributed by atoms with Gasteiger partial charge in [0.25, 0.3) is 0 Å². The molecule has 2 heterocycles. The third kappa shape index (κ3) is 0.987. The molecule has 0 amide bonds. The molecule has 0 bridgehead atoms. The van der Waals surface area contributed by atoms with Crippen LogP contribution in [0.5, 0.6) is 0 Å². The molecule has 0 radical (unpaired) electrons. The Hall–Kier alpha value is 0.650. The highest BCUT2D eigenvalue weighted by Crippen LogP contribution is 2.36. The van der Waals surface area contributed by atoms with Crippen LogP contribution in [0, 0.1) is 11.8 Å². The molecule has 0 N–H and O–H groups in total. The summed E-state index contributed by atoms with van der Waals surface area (Å²) in [7, 11) is 0. The lowest BCUT2D eigenvalue weighted by Crippen LogP contribution is -2.22. The molecule has 0 aromatic heterocycles. The SMILES string of the molecule is CC1[C@H]2COC[C@H]2CN1I. The first-order valence-corrected chi connectivity index (χ1v) is 4.75. The van der Waals surface area contributed by atoms with Crippen LogP contribution in [0.4, 0.5) is 0 Å². The summed E-state index contributed by atoms with van der Waals surface area (Å²) in [5, 5.41) is 0. The molecule has 0 aromatic carbocycles. The molecule has 0 aromatic rings. The van der Waals surface area contributed by atoms with Crippen molar-refractivity contribution >= 4 is 22.9 Å². The van der Waals surface area contributed by atoms with E-state index in [1.165, 1.54) is 6.54 Å². The van der Waals surface area contributed by atoms with Crippen molar-refractivity contribution in [2.45, 2.75) is 13.0 Å². The molecule has 2 aliphatic rings. The molecule has 3 atom stereocenters. The van der Waals surface area contributed by atoms with E-state index in [1.807, 2.05) is 0 Å². The fourth-order valence-corrected chi connectivity index (χ4v) is 2.85. The van der Waals surface area contributed by atoms with Crippen LogP contribution in [-0.4, -0.2) is 28.9 Å². The summed E-state index contributed by atoms with van der Waals surface area (Å²) in [6.07, 6.45) is 0. The quantitative estimate of drug-likeness (QED) is 0.476. The maximum absolute atomic E-state index is 5.40. The van der Waals surface area contributed by atoms with E-state index in [0.717, 1.165) is 31.1 Å². The Morgan fingerprint density at radius 3 is 3.00 bits per heavy atom. The van der Waals surface area contributed by atoms with Gasteiger partial charge in [-0.15, -0.1) is 0 Å². The number of halogens is 1. The van der Waals surface area contributed by atoms with Crippen LogP contribution in [0.15, 0.2) is 0 Å². The molecule has 2 rings (SSSR count). The highest BCUT2D eigenvalue weighted by Gasteiger charge is 2.41. The van der Waals surface area contributed by atoms with Crippen LogP contribution in [-0.2, 0) is 4.74 Å². The predicted octanol–water partition coefficient (Wildman–Crippen LogP) is 1.30. The predicted molar refractivity (Wildman–Crippen MR) is 48.0 cm³/mol. The average Bonchev–Trinajstić information content (AvgIpc) is 2.41. The van der Waals surface area contributed by atoms with E-state index in [-0.39, 0.29) is 0 Å². The van der Waals surface area contributed by atoms with Crippen molar-refractivity contribution in [2.75, 3.05) is 19.8 Å². The zero-order valence-electron chi connectivity index (χ0n) is 6.09. The molecule has 3 heteroatoms. The van der Waals surface area contributed by atoms with Gasteiger partial charge < -0.3 is 4.74 Å². The van der Waals surface area contributed by atoms with Crippen LogP contribution < -0.4 is 0 Å². The van der Waals surface area contributed by atoms with Gasteiger partial charge in [0, 0.05) is 47.3 Å². The minimum absolute atomic E-state index is 0.730. The molecule has 0 saturated carbocycles. The van der Waals surface area contributed by atoms with E-state index in [1.54, 1.807) is 0 Å². The van der Waals surface area contributed by atoms with E-state index in [4.69, 9.17) is 4.74 Å². The number of hydrogen-bond donors (Lipinski definition) is 0. The van der Waals surface area contributed by atoms with E-state index >= 15 is 0 Å². The van der Waals surface area contributed by atoms with Crippen molar-refractivity contribution in [1.29, 1.82) is 0 Å². The minimum atomic E-state index is 0.730. The Morgan fingerprint density at radius 2 is 2.30 bits per heavy atom. The first-order chi connectivity index (χ1) is 4.79. The normalized spacial score (nSPS) is 48.0. The number of hydrogen-bond acceptors (Lipinski definition) is 2. The Kier molecular flexibility index (Phi) is 1.90. The molecule has 58 valence electrons. The van der Waals surface area contributed by atoms with Gasteiger partial charge >= 0.3 is 0 Å². The van der Waals surface area contributed by atoms with Crippen LogP contribution in [0.3, 0.4) is 0 Å². The molecular formula is C7H12INO. The second kappa shape index (κ2) is 2.60. The van der Waals surface area contributed by atoms with E-state index in [2.05, 4.69) is 32.9 Å².